The average Bonchev–Trinajstić information content (AvgIpc) is 3.67. The highest BCUT2D eigenvalue weighted by Crippen LogP contribution is 2.71. The normalized spacial score (nSPS) is 39.2. The minimum atomic E-state index is -0.950. The summed E-state index contributed by atoms with van der Waals surface area (Å²) in [6.45, 7) is 23.1. The molecule has 7 heteroatoms. The number of carbonyl (C=O) groups excluding carboxylic acids is 1. The van der Waals surface area contributed by atoms with E-state index in [0.29, 0.717) is 17.9 Å². The number of aliphatic hydroxyl groups excluding tert-OH is 2. The van der Waals surface area contributed by atoms with Crippen LogP contribution in [0.15, 0.2) is 48.1 Å². The number of carbonyl (C=O) groups is 2. The van der Waals surface area contributed by atoms with Gasteiger partial charge in [-0.25, -0.2) is 4.79 Å². The summed E-state index contributed by atoms with van der Waals surface area (Å²) in [6, 6.07) is 1.75. The molecule has 2 fully saturated rings. The average molecular weight is 680 g/mol. The smallest absolute Gasteiger partial charge is 0.331 e. The maximum absolute atomic E-state index is 14.8. The predicted octanol–water partition coefficient (Wildman–Crippen LogP) is 8.18. The van der Waals surface area contributed by atoms with Crippen LogP contribution in [0, 0.1) is 28.6 Å². The van der Waals surface area contributed by atoms with Gasteiger partial charge in [0.25, 0.3) is 0 Å². The summed E-state index contributed by atoms with van der Waals surface area (Å²) >= 11 is 0. The largest absolute Gasteiger partial charge is 0.478 e. The first-order chi connectivity index (χ1) is 23.2. The second-order valence-electron chi connectivity index (χ2n) is 18.3. The highest BCUT2D eigenvalue weighted by molar-refractivity contribution is 6.18. The van der Waals surface area contributed by atoms with E-state index in [9.17, 15) is 24.9 Å². The zero-order valence-corrected chi connectivity index (χ0v) is 31.1. The number of aliphatic hydroxyl groups is 2. The number of hydrogen-bond acceptors (Lipinski definition) is 5. The number of Topliss-reactive ketones (excluding diaryl/α,β-unsaturated/α-hetero) is 1. The summed E-state index contributed by atoms with van der Waals surface area (Å²) in [5, 5.41) is 34.4. The number of ether oxygens (including phenoxy) is 1. The topological polar surface area (TPSA) is 109 Å². The van der Waals surface area contributed by atoms with E-state index in [4.69, 9.17) is 4.74 Å². The quantitative estimate of drug-likeness (QED) is 0.171. The third-order valence-corrected chi connectivity index (χ3v) is 14.8. The van der Waals surface area contributed by atoms with Crippen LogP contribution in [0.2, 0.25) is 0 Å². The van der Waals surface area contributed by atoms with E-state index >= 15 is 0 Å². The summed E-state index contributed by atoms with van der Waals surface area (Å²) in [5.74, 6) is -0.702. The predicted molar refractivity (Wildman–Crippen MR) is 195 cm³/mol. The highest BCUT2D eigenvalue weighted by Gasteiger charge is 2.67. The van der Waals surface area contributed by atoms with Gasteiger partial charge in [-0.2, -0.15) is 0 Å². The van der Waals surface area contributed by atoms with Crippen LogP contribution in [-0.4, -0.2) is 48.9 Å². The number of aliphatic carboxylic acids is 1. The van der Waals surface area contributed by atoms with Crippen LogP contribution in [0.1, 0.15) is 133 Å². The molecule has 0 bridgehead atoms. The Labute approximate surface area is 295 Å². The molecule has 3 N–H and O–H groups in total. The van der Waals surface area contributed by atoms with Crippen molar-refractivity contribution in [3.63, 3.8) is 0 Å². The lowest BCUT2D eigenvalue weighted by Crippen LogP contribution is -2.62. The first kappa shape index (κ1) is 33.9. The first-order valence-electron chi connectivity index (χ1n) is 18.5. The second-order valence-corrected chi connectivity index (χ2v) is 18.3. The molecule has 7 nitrogen and oxygen atoms in total. The van der Waals surface area contributed by atoms with Gasteiger partial charge in [0.15, 0.2) is 5.78 Å². The van der Waals surface area contributed by atoms with Crippen molar-refractivity contribution in [1.82, 2.24) is 4.57 Å². The van der Waals surface area contributed by atoms with Crippen LogP contribution in [0.25, 0.3) is 16.5 Å². The molecule has 3 heterocycles. The summed E-state index contributed by atoms with van der Waals surface area (Å²) < 4.78 is 8.86. The molecular weight excluding hydrogens is 626 g/mol. The van der Waals surface area contributed by atoms with Crippen molar-refractivity contribution in [1.29, 1.82) is 0 Å². The van der Waals surface area contributed by atoms with Gasteiger partial charge in [0.1, 0.15) is 6.04 Å². The number of rotatable bonds is 4. The molecule has 1 aromatic heterocycles. The van der Waals surface area contributed by atoms with Gasteiger partial charge in [0.2, 0.25) is 0 Å². The molecule has 2 aliphatic heterocycles. The third kappa shape index (κ3) is 3.98. The van der Waals surface area contributed by atoms with Crippen molar-refractivity contribution in [2.24, 2.45) is 28.6 Å². The second kappa shape index (κ2) is 10.2. The van der Waals surface area contributed by atoms with Crippen molar-refractivity contribution in [2.75, 3.05) is 0 Å². The third-order valence-electron chi connectivity index (χ3n) is 14.8. The minimum absolute atomic E-state index is 0.0189. The van der Waals surface area contributed by atoms with E-state index in [1.807, 2.05) is 26.8 Å². The van der Waals surface area contributed by atoms with Crippen molar-refractivity contribution in [2.45, 2.75) is 129 Å². The molecule has 0 spiro atoms. The maximum atomic E-state index is 14.8. The number of carboxylic acid groups (broad SMARTS) is 1. The van der Waals surface area contributed by atoms with Crippen LogP contribution in [0.4, 0.5) is 0 Å². The van der Waals surface area contributed by atoms with Gasteiger partial charge in [0.05, 0.1) is 34.5 Å². The van der Waals surface area contributed by atoms with Gasteiger partial charge < -0.3 is 24.6 Å². The lowest BCUT2D eigenvalue weighted by molar-refractivity contribution is -0.144. The molecule has 4 aliphatic carbocycles. The van der Waals surface area contributed by atoms with Crippen molar-refractivity contribution in [3.05, 3.63) is 76.0 Å². The van der Waals surface area contributed by atoms with Gasteiger partial charge in [-0.15, -0.1) is 0 Å². The Morgan fingerprint density at radius 1 is 1.06 bits per heavy atom. The Bertz CT molecular complexity index is 2020. The van der Waals surface area contributed by atoms with Gasteiger partial charge in [-0.1, -0.05) is 51.2 Å². The molecule has 2 aromatic rings. The molecule has 8 rings (SSSR count). The van der Waals surface area contributed by atoms with Crippen LogP contribution in [-0.2, 0) is 21.4 Å². The van der Waals surface area contributed by atoms with Gasteiger partial charge >= 0.3 is 5.97 Å². The van der Waals surface area contributed by atoms with Gasteiger partial charge in [-0.05, 0) is 120 Å². The number of hydrogen-bond donors (Lipinski definition) is 3. The Balaban J connectivity index is 1.36. The van der Waals surface area contributed by atoms with E-state index in [2.05, 4.69) is 64.0 Å². The Morgan fingerprint density at radius 2 is 1.76 bits per heavy atom. The molecule has 50 heavy (non-hydrogen) atoms. The monoisotopic (exact) mass is 679 g/mol. The van der Waals surface area contributed by atoms with Gasteiger partial charge in [-0.3, -0.25) is 4.79 Å². The van der Waals surface area contributed by atoms with Crippen LogP contribution in [0.5, 0.6) is 0 Å². The summed E-state index contributed by atoms with van der Waals surface area (Å²) in [7, 11) is 0. The van der Waals surface area contributed by atoms with Crippen LogP contribution in [0.3, 0.4) is 0 Å². The number of allylic oxidation sites excluding steroid dienone is 3. The maximum Gasteiger partial charge on any atom is 0.331 e. The molecule has 2 saturated carbocycles. The fraction of sp³-hybridized carbons (Fsp3) is 0.581. The van der Waals surface area contributed by atoms with E-state index in [-0.39, 0.29) is 34.0 Å². The molecule has 6 aliphatic rings. The first-order valence-corrected chi connectivity index (χ1v) is 18.5. The number of benzene rings is 1. The number of carboxylic acids is 1. The fourth-order valence-electron chi connectivity index (χ4n) is 12.6. The van der Waals surface area contributed by atoms with Crippen molar-refractivity contribution in [3.8, 4) is 0 Å². The fourth-order valence-corrected chi connectivity index (χ4v) is 12.6. The number of aromatic nitrogens is 1. The summed E-state index contributed by atoms with van der Waals surface area (Å²) in [6.07, 6.45) is 10.7. The van der Waals surface area contributed by atoms with Crippen molar-refractivity contribution < 1.29 is 29.6 Å². The number of nitrogens with zero attached hydrogens (tertiary/aromatic N) is 1. The standard InChI is InChI=1S/C43H53NO6/c1-21(2)33-36(47)31-30-24(27-20-39(4,5)50-40(6,7)32(27)35(30)46)19-25-26-18-23-13-14-28-41(8,16-11-12-22(3)38(48)49)29(45)15-17-42(28,9)43(23,10)37(26)44(33)34(25)31/h11-12,16,19-20,23,28-29,32-33,35,45-46H,1,13-15,17-18H2,2-10H3,(H,48,49)/t23-,28+,29+,32-,33-,35+,41-,42-,43-/m1/s1. The highest BCUT2D eigenvalue weighted by atomic mass is 16.5. The lowest BCUT2D eigenvalue weighted by atomic mass is 9.40. The molecule has 1 aromatic carbocycles. The van der Waals surface area contributed by atoms with E-state index < -0.39 is 40.8 Å². The van der Waals surface area contributed by atoms with E-state index in [0.717, 1.165) is 58.9 Å². The zero-order valence-electron chi connectivity index (χ0n) is 31.1. The summed E-state index contributed by atoms with van der Waals surface area (Å²) in [4.78, 5) is 26.4. The molecule has 0 unspecified atom stereocenters. The van der Waals surface area contributed by atoms with E-state index in [1.165, 1.54) is 11.3 Å². The Kier molecular flexibility index (Phi) is 6.91. The van der Waals surface area contributed by atoms with E-state index in [1.54, 1.807) is 13.0 Å². The molecule has 0 amide bonds. The summed E-state index contributed by atoms with van der Waals surface area (Å²) in [5.41, 5.74) is 5.80. The Morgan fingerprint density at radius 3 is 2.42 bits per heavy atom. The van der Waals surface area contributed by atoms with Crippen molar-refractivity contribution >= 4 is 28.2 Å². The molecule has 266 valence electrons. The molecule has 0 saturated heterocycles. The zero-order chi connectivity index (χ0) is 36.2. The Hall–Kier alpha value is -3.26. The van der Waals surface area contributed by atoms with Crippen LogP contribution >= 0.6 is 0 Å². The minimum Gasteiger partial charge on any atom is -0.478 e. The molecule has 9 atom stereocenters. The van der Waals surface area contributed by atoms with Gasteiger partial charge in [0, 0.05) is 39.0 Å². The number of fused-ring (bicyclic) bond motifs is 11. The SMILES string of the molecule is C=C(C)[C@@H]1C(=O)c2c3c(cc4c5c(n1c24)[C@@]1(C)[C@H](CC[C@H]2[C@@](C)(C=CC=C(C)C(=O)O)[C@@H](O)CC[C@]21C)C5)C1=CC(C)(C)OC(C)(C)[C@H]1[C@H]3O. The number of ketones is 1. The molecular formula is C43H53NO6. The molecule has 0 radical (unpaired) electrons. The van der Waals surface area contributed by atoms with Crippen LogP contribution < -0.4 is 0 Å². The lowest BCUT2D eigenvalue weighted by Gasteiger charge is -2.64.